The van der Waals surface area contributed by atoms with Gasteiger partial charge < -0.3 is 0 Å². The minimum Gasteiger partial charge on any atom is -0.265 e. The summed E-state index contributed by atoms with van der Waals surface area (Å²) < 4.78 is 0. The van der Waals surface area contributed by atoms with E-state index in [1.165, 1.54) is 24.8 Å². The van der Waals surface area contributed by atoms with Crippen molar-refractivity contribution in [1.29, 1.82) is 0 Å². The standard InChI is InChI=1S/C19H33N/c1-8-11-18(4,5)14-19(6,7)17(15(2)3)16-9-12-20-13-10-16/h9-10,12-13,15,17H,8,11,14H2,1-7H3. The highest BCUT2D eigenvalue weighted by molar-refractivity contribution is 5.19. The largest absolute Gasteiger partial charge is 0.265 e. The van der Waals surface area contributed by atoms with Crippen molar-refractivity contribution < 1.29 is 0 Å². The fraction of sp³-hybridized carbons (Fsp3) is 0.737. The third-order valence-electron chi connectivity index (χ3n) is 4.43. The van der Waals surface area contributed by atoms with Crippen LogP contribution in [0.2, 0.25) is 0 Å². The summed E-state index contributed by atoms with van der Waals surface area (Å²) in [5.41, 5.74) is 2.15. The number of hydrogen-bond donors (Lipinski definition) is 0. The number of pyridine rings is 1. The molecular formula is C19H33N. The summed E-state index contributed by atoms with van der Waals surface area (Å²) >= 11 is 0. The first-order valence-corrected chi connectivity index (χ1v) is 8.09. The minimum absolute atomic E-state index is 0.300. The molecule has 0 spiro atoms. The van der Waals surface area contributed by atoms with Gasteiger partial charge in [-0.3, -0.25) is 4.98 Å². The molecular weight excluding hydrogens is 242 g/mol. The molecule has 0 fully saturated rings. The lowest BCUT2D eigenvalue weighted by atomic mass is 9.62. The normalized spacial score (nSPS) is 14.6. The van der Waals surface area contributed by atoms with Crippen molar-refractivity contribution >= 4 is 0 Å². The molecule has 0 aromatic carbocycles. The summed E-state index contributed by atoms with van der Waals surface area (Å²) in [4.78, 5) is 4.17. The molecule has 1 aromatic heterocycles. The Morgan fingerprint density at radius 1 is 1.05 bits per heavy atom. The van der Waals surface area contributed by atoms with E-state index in [1.807, 2.05) is 12.4 Å². The third-order valence-corrected chi connectivity index (χ3v) is 4.43. The molecule has 20 heavy (non-hydrogen) atoms. The van der Waals surface area contributed by atoms with Crippen molar-refractivity contribution in [2.45, 2.75) is 73.6 Å². The fourth-order valence-electron chi connectivity index (χ4n) is 4.42. The van der Waals surface area contributed by atoms with E-state index in [2.05, 4.69) is 65.6 Å². The van der Waals surface area contributed by atoms with Crippen LogP contribution in [0.15, 0.2) is 24.5 Å². The second-order valence-electron chi connectivity index (χ2n) is 8.08. The number of aromatic nitrogens is 1. The van der Waals surface area contributed by atoms with Gasteiger partial charge >= 0.3 is 0 Å². The lowest BCUT2D eigenvalue weighted by Gasteiger charge is -2.43. The summed E-state index contributed by atoms with van der Waals surface area (Å²) in [6.07, 6.45) is 7.69. The molecule has 1 nitrogen and oxygen atoms in total. The Labute approximate surface area is 126 Å². The van der Waals surface area contributed by atoms with Crippen LogP contribution in [-0.2, 0) is 0 Å². The molecule has 0 saturated heterocycles. The third kappa shape index (κ3) is 4.61. The number of hydrogen-bond acceptors (Lipinski definition) is 1. The highest BCUT2D eigenvalue weighted by Gasteiger charge is 2.37. The van der Waals surface area contributed by atoms with Crippen LogP contribution in [0.25, 0.3) is 0 Å². The van der Waals surface area contributed by atoms with E-state index in [4.69, 9.17) is 0 Å². The Morgan fingerprint density at radius 2 is 1.60 bits per heavy atom. The highest BCUT2D eigenvalue weighted by Crippen LogP contribution is 2.48. The van der Waals surface area contributed by atoms with Crippen molar-refractivity contribution in [3.8, 4) is 0 Å². The zero-order valence-corrected chi connectivity index (χ0v) is 14.5. The van der Waals surface area contributed by atoms with Crippen LogP contribution in [0.5, 0.6) is 0 Å². The summed E-state index contributed by atoms with van der Waals surface area (Å²) in [6.45, 7) is 16.7. The Balaban J connectivity index is 3.01. The average Bonchev–Trinajstić information content (AvgIpc) is 2.27. The lowest BCUT2D eigenvalue weighted by Crippen LogP contribution is -2.32. The van der Waals surface area contributed by atoms with E-state index in [1.54, 1.807) is 0 Å². The molecule has 1 rings (SSSR count). The second kappa shape index (κ2) is 6.74. The first-order chi connectivity index (χ1) is 9.19. The molecule has 0 N–H and O–H groups in total. The van der Waals surface area contributed by atoms with Gasteiger partial charge in [0.25, 0.3) is 0 Å². The quantitative estimate of drug-likeness (QED) is 0.589. The maximum atomic E-state index is 4.17. The van der Waals surface area contributed by atoms with Crippen LogP contribution in [-0.4, -0.2) is 4.98 Å². The first kappa shape index (κ1) is 17.2. The summed E-state index contributed by atoms with van der Waals surface area (Å²) in [6, 6.07) is 4.39. The maximum Gasteiger partial charge on any atom is 0.0270 e. The van der Waals surface area contributed by atoms with Gasteiger partial charge in [-0.15, -0.1) is 0 Å². The number of nitrogens with zero attached hydrogens (tertiary/aromatic N) is 1. The van der Waals surface area contributed by atoms with Crippen LogP contribution in [0.1, 0.15) is 79.2 Å². The molecule has 0 saturated carbocycles. The predicted octanol–water partition coefficient (Wildman–Crippen LogP) is 6.06. The van der Waals surface area contributed by atoms with E-state index in [0.717, 1.165) is 0 Å². The molecule has 0 amide bonds. The second-order valence-corrected chi connectivity index (χ2v) is 8.08. The van der Waals surface area contributed by atoms with E-state index in [0.29, 0.717) is 22.7 Å². The Hall–Kier alpha value is -0.850. The molecule has 0 aliphatic rings. The molecule has 0 bridgehead atoms. The topological polar surface area (TPSA) is 12.9 Å². The molecule has 1 unspecified atom stereocenters. The van der Waals surface area contributed by atoms with Gasteiger partial charge in [0.15, 0.2) is 0 Å². The maximum absolute atomic E-state index is 4.17. The Bertz CT molecular complexity index is 389. The summed E-state index contributed by atoms with van der Waals surface area (Å²) in [5.74, 6) is 1.23. The fourth-order valence-corrected chi connectivity index (χ4v) is 4.42. The van der Waals surface area contributed by atoms with Crippen LogP contribution in [0.4, 0.5) is 0 Å². The van der Waals surface area contributed by atoms with Crippen LogP contribution in [0, 0.1) is 16.7 Å². The van der Waals surface area contributed by atoms with Crippen LogP contribution >= 0.6 is 0 Å². The highest BCUT2D eigenvalue weighted by atomic mass is 14.6. The zero-order chi connectivity index (χ0) is 15.4. The molecule has 1 aromatic rings. The lowest BCUT2D eigenvalue weighted by molar-refractivity contribution is 0.128. The monoisotopic (exact) mass is 275 g/mol. The van der Waals surface area contributed by atoms with E-state index >= 15 is 0 Å². The van der Waals surface area contributed by atoms with E-state index in [9.17, 15) is 0 Å². The molecule has 1 heteroatoms. The first-order valence-electron chi connectivity index (χ1n) is 8.09. The minimum atomic E-state index is 0.300. The number of rotatable bonds is 7. The Morgan fingerprint density at radius 3 is 2.05 bits per heavy atom. The van der Waals surface area contributed by atoms with Gasteiger partial charge in [0.1, 0.15) is 0 Å². The smallest absolute Gasteiger partial charge is 0.0270 e. The SMILES string of the molecule is CCCC(C)(C)CC(C)(C)C(c1ccncc1)C(C)C. The van der Waals surface area contributed by atoms with E-state index in [-0.39, 0.29) is 0 Å². The molecule has 0 aliphatic heterocycles. The van der Waals surface area contributed by atoms with Gasteiger partial charge in [-0.2, -0.15) is 0 Å². The summed E-state index contributed by atoms with van der Waals surface area (Å²) in [7, 11) is 0. The van der Waals surface area contributed by atoms with Gasteiger partial charge in [-0.05, 0) is 53.2 Å². The van der Waals surface area contributed by atoms with Gasteiger partial charge in [-0.1, -0.05) is 54.9 Å². The summed E-state index contributed by atoms with van der Waals surface area (Å²) in [5, 5.41) is 0. The Kier molecular flexibility index (Phi) is 5.79. The van der Waals surface area contributed by atoms with Crippen molar-refractivity contribution in [1.82, 2.24) is 4.98 Å². The zero-order valence-electron chi connectivity index (χ0n) is 14.5. The van der Waals surface area contributed by atoms with Crippen molar-refractivity contribution in [2.75, 3.05) is 0 Å². The van der Waals surface area contributed by atoms with Gasteiger partial charge in [0, 0.05) is 12.4 Å². The van der Waals surface area contributed by atoms with E-state index < -0.39 is 0 Å². The van der Waals surface area contributed by atoms with Crippen molar-refractivity contribution in [3.63, 3.8) is 0 Å². The molecule has 0 radical (unpaired) electrons. The van der Waals surface area contributed by atoms with Crippen molar-refractivity contribution in [2.24, 2.45) is 16.7 Å². The van der Waals surface area contributed by atoms with Gasteiger partial charge in [-0.25, -0.2) is 0 Å². The van der Waals surface area contributed by atoms with Crippen LogP contribution < -0.4 is 0 Å². The molecule has 1 atom stereocenters. The molecule has 0 aliphatic carbocycles. The predicted molar refractivity (Wildman–Crippen MR) is 88.9 cm³/mol. The van der Waals surface area contributed by atoms with Gasteiger partial charge in [0.05, 0.1) is 0 Å². The van der Waals surface area contributed by atoms with Gasteiger partial charge in [0.2, 0.25) is 0 Å². The van der Waals surface area contributed by atoms with Crippen LogP contribution in [0.3, 0.4) is 0 Å². The van der Waals surface area contributed by atoms with Crippen molar-refractivity contribution in [3.05, 3.63) is 30.1 Å². The average molecular weight is 275 g/mol. The molecule has 1 heterocycles. The molecule has 114 valence electrons.